The van der Waals surface area contributed by atoms with E-state index in [4.69, 9.17) is 0 Å². The molecule has 1 aromatic heterocycles. The van der Waals surface area contributed by atoms with Gasteiger partial charge in [0.2, 0.25) is 5.91 Å². The van der Waals surface area contributed by atoms with Gasteiger partial charge in [-0.25, -0.2) is 4.68 Å². The molecule has 1 unspecified atom stereocenters. The van der Waals surface area contributed by atoms with Crippen LogP contribution in [0.4, 0.5) is 0 Å². The Morgan fingerprint density at radius 2 is 2.21 bits per heavy atom. The van der Waals surface area contributed by atoms with E-state index in [-0.39, 0.29) is 12.5 Å². The molecule has 0 aliphatic heterocycles. The molecule has 5 nitrogen and oxygen atoms in total. The van der Waals surface area contributed by atoms with Crippen LogP contribution in [0.15, 0.2) is 24.3 Å². The molecule has 1 aliphatic rings. The fourth-order valence-electron chi connectivity index (χ4n) is 2.40. The maximum absolute atomic E-state index is 12.3. The van der Waals surface area contributed by atoms with Gasteiger partial charge in [0.05, 0.1) is 5.52 Å². The van der Waals surface area contributed by atoms with Crippen LogP contribution >= 0.6 is 0 Å². The fraction of sp³-hybridized carbons (Fsp3) is 0.500. The highest BCUT2D eigenvalue weighted by Gasteiger charge is 2.32. The van der Waals surface area contributed by atoms with Gasteiger partial charge in [-0.05, 0) is 37.8 Å². The average Bonchev–Trinajstić information content (AvgIpc) is 3.20. The molecule has 1 aliphatic carbocycles. The lowest BCUT2D eigenvalue weighted by Crippen LogP contribution is -2.38. The highest BCUT2D eigenvalue weighted by molar-refractivity contribution is 5.79. The Labute approximate surface area is 112 Å². The van der Waals surface area contributed by atoms with Gasteiger partial charge in [-0.3, -0.25) is 4.79 Å². The standard InChI is InChI=1S/C14H18N4O/c1-10(11-7-8-11)17(2)14(19)9-18-13-6-4-3-5-12(13)15-16-18/h3-6,10-11H,7-9H2,1-2H3. The van der Waals surface area contributed by atoms with Crippen LogP contribution in [0.3, 0.4) is 0 Å². The number of carbonyl (C=O) groups is 1. The Morgan fingerprint density at radius 3 is 2.95 bits per heavy atom. The molecule has 1 aromatic carbocycles. The van der Waals surface area contributed by atoms with E-state index in [0.29, 0.717) is 12.0 Å². The van der Waals surface area contributed by atoms with Crippen molar-refractivity contribution in [3.05, 3.63) is 24.3 Å². The number of carbonyl (C=O) groups excluding carboxylic acids is 1. The van der Waals surface area contributed by atoms with Crippen molar-refractivity contribution in [1.29, 1.82) is 0 Å². The Kier molecular flexibility index (Phi) is 2.97. The summed E-state index contributed by atoms with van der Waals surface area (Å²) in [5.41, 5.74) is 1.73. The summed E-state index contributed by atoms with van der Waals surface area (Å²) in [7, 11) is 1.88. The zero-order valence-electron chi connectivity index (χ0n) is 11.3. The first kappa shape index (κ1) is 12.1. The van der Waals surface area contributed by atoms with E-state index in [9.17, 15) is 4.79 Å². The first-order valence-corrected chi connectivity index (χ1v) is 6.70. The molecule has 5 heteroatoms. The molecule has 1 saturated carbocycles. The minimum atomic E-state index is 0.0926. The lowest BCUT2D eigenvalue weighted by atomic mass is 10.2. The smallest absolute Gasteiger partial charge is 0.244 e. The van der Waals surface area contributed by atoms with Crippen LogP contribution < -0.4 is 0 Å². The largest absolute Gasteiger partial charge is 0.341 e. The fourth-order valence-corrected chi connectivity index (χ4v) is 2.40. The van der Waals surface area contributed by atoms with Crippen molar-refractivity contribution in [2.75, 3.05) is 7.05 Å². The maximum atomic E-state index is 12.3. The third-order valence-corrected chi connectivity index (χ3v) is 4.01. The van der Waals surface area contributed by atoms with E-state index >= 15 is 0 Å². The number of hydrogen-bond donors (Lipinski definition) is 0. The van der Waals surface area contributed by atoms with Crippen molar-refractivity contribution in [3.63, 3.8) is 0 Å². The number of hydrogen-bond acceptors (Lipinski definition) is 3. The molecule has 0 spiro atoms. The molecule has 1 fully saturated rings. The van der Waals surface area contributed by atoms with Gasteiger partial charge in [0.25, 0.3) is 0 Å². The number of rotatable bonds is 4. The van der Waals surface area contributed by atoms with Crippen molar-refractivity contribution in [2.45, 2.75) is 32.4 Å². The first-order valence-electron chi connectivity index (χ1n) is 6.70. The normalized spacial score (nSPS) is 16.5. The minimum absolute atomic E-state index is 0.0926. The molecular formula is C14H18N4O. The van der Waals surface area contributed by atoms with Gasteiger partial charge >= 0.3 is 0 Å². The van der Waals surface area contributed by atoms with Crippen LogP contribution in [-0.4, -0.2) is 38.9 Å². The molecule has 0 N–H and O–H groups in total. The number of benzene rings is 1. The molecule has 1 amide bonds. The summed E-state index contributed by atoms with van der Waals surface area (Å²) < 4.78 is 1.67. The number of fused-ring (bicyclic) bond motifs is 1. The number of likely N-dealkylation sites (N-methyl/N-ethyl adjacent to an activating group) is 1. The second-order valence-electron chi connectivity index (χ2n) is 5.32. The van der Waals surface area contributed by atoms with E-state index in [0.717, 1.165) is 11.0 Å². The molecule has 19 heavy (non-hydrogen) atoms. The number of para-hydroxylation sites is 1. The van der Waals surface area contributed by atoms with Gasteiger partial charge < -0.3 is 4.90 Å². The van der Waals surface area contributed by atoms with Crippen molar-refractivity contribution >= 4 is 16.9 Å². The van der Waals surface area contributed by atoms with Gasteiger partial charge in [0, 0.05) is 13.1 Å². The summed E-state index contributed by atoms with van der Waals surface area (Å²) in [6.07, 6.45) is 2.48. The zero-order chi connectivity index (χ0) is 13.4. The van der Waals surface area contributed by atoms with Crippen LogP contribution in [0, 0.1) is 5.92 Å². The Balaban J connectivity index is 1.75. The summed E-state index contributed by atoms with van der Waals surface area (Å²) in [6, 6.07) is 8.02. The second-order valence-corrected chi connectivity index (χ2v) is 5.32. The molecule has 0 radical (unpaired) electrons. The summed E-state index contributed by atoms with van der Waals surface area (Å²) in [5, 5.41) is 8.12. The quantitative estimate of drug-likeness (QED) is 0.838. The van der Waals surface area contributed by atoms with Crippen molar-refractivity contribution in [3.8, 4) is 0 Å². The third-order valence-electron chi connectivity index (χ3n) is 4.01. The van der Waals surface area contributed by atoms with E-state index in [1.807, 2.05) is 36.2 Å². The van der Waals surface area contributed by atoms with Gasteiger partial charge in [-0.1, -0.05) is 17.3 Å². The number of aromatic nitrogens is 3. The monoisotopic (exact) mass is 258 g/mol. The second kappa shape index (κ2) is 4.64. The van der Waals surface area contributed by atoms with E-state index < -0.39 is 0 Å². The van der Waals surface area contributed by atoms with Crippen molar-refractivity contribution in [2.24, 2.45) is 5.92 Å². The molecule has 0 saturated heterocycles. The Morgan fingerprint density at radius 1 is 1.47 bits per heavy atom. The van der Waals surface area contributed by atoms with Crippen LogP contribution in [-0.2, 0) is 11.3 Å². The van der Waals surface area contributed by atoms with E-state index in [1.54, 1.807) is 4.68 Å². The summed E-state index contributed by atoms with van der Waals surface area (Å²) in [5.74, 6) is 0.775. The van der Waals surface area contributed by atoms with E-state index in [1.165, 1.54) is 12.8 Å². The lowest BCUT2D eigenvalue weighted by molar-refractivity contribution is -0.132. The topological polar surface area (TPSA) is 51.0 Å². The molecule has 100 valence electrons. The minimum Gasteiger partial charge on any atom is -0.341 e. The highest BCUT2D eigenvalue weighted by atomic mass is 16.2. The third kappa shape index (κ3) is 2.32. The number of amides is 1. The predicted octanol–water partition coefficient (Wildman–Crippen LogP) is 1.69. The maximum Gasteiger partial charge on any atom is 0.244 e. The summed E-state index contributed by atoms with van der Waals surface area (Å²) in [4.78, 5) is 14.1. The lowest BCUT2D eigenvalue weighted by Gasteiger charge is -2.24. The molecular weight excluding hydrogens is 240 g/mol. The van der Waals surface area contributed by atoms with Crippen LogP contribution in [0.25, 0.3) is 11.0 Å². The van der Waals surface area contributed by atoms with Gasteiger partial charge in [0.1, 0.15) is 12.1 Å². The Hall–Kier alpha value is -1.91. The Bertz CT molecular complexity index is 602. The highest BCUT2D eigenvalue weighted by Crippen LogP contribution is 2.34. The summed E-state index contributed by atoms with van der Waals surface area (Å²) in [6.45, 7) is 2.38. The molecule has 1 atom stereocenters. The van der Waals surface area contributed by atoms with Crippen molar-refractivity contribution < 1.29 is 4.79 Å². The molecule has 2 aromatic rings. The summed E-state index contributed by atoms with van der Waals surface area (Å²) >= 11 is 0. The molecule has 0 bridgehead atoms. The molecule has 3 rings (SSSR count). The first-order chi connectivity index (χ1) is 9.16. The van der Waals surface area contributed by atoms with Gasteiger partial charge in [-0.15, -0.1) is 5.10 Å². The van der Waals surface area contributed by atoms with Crippen molar-refractivity contribution in [1.82, 2.24) is 19.9 Å². The van der Waals surface area contributed by atoms with E-state index in [2.05, 4.69) is 17.2 Å². The molecule has 1 heterocycles. The SMILES string of the molecule is CC(C1CC1)N(C)C(=O)Cn1nnc2ccccc21. The average molecular weight is 258 g/mol. The van der Waals surface area contributed by atoms with Crippen LogP contribution in [0.5, 0.6) is 0 Å². The van der Waals surface area contributed by atoms with Gasteiger partial charge in [-0.2, -0.15) is 0 Å². The van der Waals surface area contributed by atoms with Gasteiger partial charge in [0.15, 0.2) is 0 Å². The van der Waals surface area contributed by atoms with Crippen LogP contribution in [0.1, 0.15) is 19.8 Å². The number of nitrogens with zero attached hydrogens (tertiary/aromatic N) is 4. The van der Waals surface area contributed by atoms with Crippen LogP contribution in [0.2, 0.25) is 0 Å². The zero-order valence-corrected chi connectivity index (χ0v) is 11.3. The predicted molar refractivity (Wildman–Crippen MR) is 72.5 cm³/mol.